The first-order valence-electron chi connectivity index (χ1n) is 6.24. The van der Waals surface area contributed by atoms with Crippen molar-refractivity contribution >= 4 is 0 Å². The number of rotatable bonds is 5. The van der Waals surface area contributed by atoms with Crippen LogP contribution in [0, 0.1) is 0 Å². The van der Waals surface area contributed by atoms with E-state index in [1.807, 2.05) is 26.0 Å². The van der Waals surface area contributed by atoms with Crippen LogP contribution in [0.2, 0.25) is 0 Å². The Labute approximate surface area is 111 Å². The van der Waals surface area contributed by atoms with Crippen LogP contribution in [0.3, 0.4) is 0 Å². The van der Waals surface area contributed by atoms with Crippen molar-refractivity contribution in [2.45, 2.75) is 44.8 Å². The Balaban J connectivity index is 2.92. The highest BCUT2D eigenvalue weighted by Gasteiger charge is 2.28. The zero-order valence-corrected chi connectivity index (χ0v) is 11.4. The lowest BCUT2D eigenvalue weighted by molar-refractivity contribution is -0.136. The van der Waals surface area contributed by atoms with Crippen LogP contribution in [0.5, 0.6) is 5.75 Å². The molecule has 1 rings (SSSR count). The highest BCUT2D eigenvalue weighted by atomic mass is 19.4. The normalized spacial score (nSPS) is 13.7. The highest BCUT2D eigenvalue weighted by Crippen LogP contribution is 2.32. The predicted molar refractivity (Wildman–Crippen MR) is 69.3 cm³/mol. The maximum Gasteiger partial charge on any atom is 0.389 e. The maximum atomic E-state index is 12.2. The van der Waals surface area contributed by atoms with E-state index in [2.05, 4.69) is 0 Å². The van der Waals surface area contributed by atoms with E-state index >= 15 is 0 Å². The van der Waals surface area contributed by atoms with Crippen LogP contribution >= 0.6 is 0 Å². The minimum absolute atomic E-state index is 0.137. The third kappa shape index (κ3) is 4.74. The second kappa shape index (κ2) is 6.28. The SMILES string of the molecule is COc1ccc(C(C)C)cc1[C@@H](N)CCC(F)(F)F. The molecule has 1 atom stereocenters. The summed E-state index contributed by atoms with van der Waals surface area (Å²) < 4.78 is 41.9. The zero-order chi connectivity index (χ0) is 14.6. The standard InChI is InChI=1S/C14H20F3NO/c1-9(2)10-4-5-13(19-3)11(8-10)12(18)6-7-14(15,16)17/h4-5,8-9,12H,6-7,18H2,1-3H3/t12-/m0/s1. The van der Waals surface area contributed by atoms with Gasteiger partial charge in [-0.25, -0.2) is 0 Å². The van der Waals surface area contributed by atoms with Gasteiger partial charge in [0, 0.05) is 18.0 Å². The number of benzene rings is 1. The third-order valence-corrected chi connectivity index (χ3v) is 3.06. The van der Waals surface area contributed by atoms with Crippen molar-refractivity contribution in [3.63, 3.8) is 0 Å². The molecule has 0 unspecified atom stereocenters. The van der Waals surface area contributed by atoms with Gasteiger partial charge in [0.15, 0.2) is 0 Å². The van der Waals surface area contributed by atoms with Crippen molar-refractivity contribution in [1.82, 2.24) is 0 Å². The van der Waals surface area contributed by atoms with E-state index in [1.165, 1.54) is 7.11 Å². The van der Waals surface area contributed by atoms with Crippen LogP contribution in [0.1, 0.15) is 49.8 Å². The van der Waals surface area contributed by atoms with Crippen molar-refractivity contribution in [3.8, 4) is 5.75 Å². The Kier molecular flexibility index (Phi) is 5.23. The molecule has 1 aromatic carbocycles. The summed E-state index contributed by atoms with van der Waals surface area (Å²) in [5.74, 6) is 0.832. The lowest BCUT2D eigenvalue weighted by Gasteiger charge is -2.18. The summed E-state index contributed by atoms with van der Waals surface area (Å²) in [5.41, 5.74) is 7.54. The first-order valence-corrected chi connectivity index (χ1v) is 6.24. The summed E-state index contributed by atoms with van der Waals surface area (Å²) in [6, 6.07) is 4.84. The molecule has 0 amide bonds. The molecule has 0 aliphatic heterocycles. The second-order valence-corrected chi connectivity index (χ2v) is 4.92. The number of ether oxygens (including phenoxy) is 1. The molecule has 0 aliphatic carbocycles. The Bertz CT molecular complexity index is 416. The van der Waals surface area contributed by atoms with Crippen molar-refractivity contribution in [1.29, 1.82) is 0 Å². The minimum Gasteiger partial charge on any atom is -0.496 e. The van der Waals surface area contributed by atoms with E-state index in [4.69, 9.17) is 10.5 Å². The van der Waals surface area contributed by atoms with Gasteiger partial charge < -0.3 is 10.5 Å². The number of hydrogen-bond acceptors (Lipinski definition) is 2. The van der Waals surface area contributed by atoms with Gasteiger partial charge in [0.2, 0.25) is 0 Å². The summed E-state index contributed by atoms with van der Waals surface area (Å²) in [6.45, 7) is 4.04. The number of nitrogens with two attached hydrogens (primary N) is 1. The van der Waals surface area contributed by atoms with E-state index in [-0.39, 0.29) is 6.42 Å². The van der Waals surface area contributed by atoms with Crippen LogP contribution in [0.25, 0.3) is 0 Å². The smallest absolute Gasteiger partial charge is 0.389 e. The molecular weight excluding hydrogens is 255 g/mol. The second-order valence-electron chi connectivity index (χ2n) is 4.92. The van der Waals surface area contributed by atoms with Gasteiger partial charge in [-0.2, -0.15) is 13.2 Å². The van der Waals surface area contributed by atoms with Crippen molar-refractivity contribution in [3.05, 3.63) is 29.3 Å². The van der Waals surface area contributed by atoms with Gasteiger partial charge in [0.1, 0.15) is 5.75 Å². The van der Waals surface area contributed by atoms with E-state index in [0.29, 0.717) is 17.2 Å². The van der Waals surface area contributed by atoms with Gasteiger partial charge in [-0.05, 0) is 24.0 Å². The van der Waals surface area contributed by atoms with Gasteiger partial charge in [-0.1, -0.05) is 26.0 Å². The monoisotopic (exact) mass is 275 g/mol. The molecule has 0 aliphatic rings. The maximum absolute atomic E-state index is 12.2. The fraction of sp³-hybridized carbons (Fsp3) is 0.571. The number of methoxy groups -OCH3 is 1. The topological polar surface area (TPSA) is 35.2 Å². The molecule has 1 aromatic rings. The van der Waals surface area contributed by atoms with E-state index in [0.717, 1.165) is 5.56 Å². The summed E-state index contributed by atoms with van der Waals surface area (Å²) in [5, 5.41) is 0. The third-order valence-electron chi connectivity index (χ3n) is 3.06. The average Bonchev–Trinajstić information content (AvgIpc) is 2.34. The van der Waals surface area contributed by atoms with Gasteiger partial charge in [0.05, 0.1) is 7.11 Å². The number of alkyl halides is 3. The minimum atomic E-state index is -4.18. The number of halogens is 3. The molecule has 2 N–H and O–H groups in total. The van der Waals surface area contributed by atoms with Gasteiger partial charge in [-0.15, -0.1) is 0 Å². The van der Waals surface area contributed by atoms with Crippen LogP contribution in [0.4, 0.5) is 13.2 Å². The summed E-state index contributed by atoms with van der Waals surface area (Å²) >= 11 is 0. The van der Waals surface area contributed by atoms with Gasteiger partial charge in [-0.3, -0.25) is 0 Å². The summed E-state index contributed by atoms with van der Waals surface area (Å²) in [7, 11) is 1.49. The first kappa shape index (κ1) is 15.8. The molecule has 0 saturated carbocycles. The fourth-order valence-electron chi connectivity index (χ4n) is 1.88. The summed E-state index contributed by atoms with van der Waals surface area (Å²) in [6.07, 6.45) is -5.20. The Hall–Kier alpha value is -1.23. The Morgan fingerprint density at radius 2 is 1.89 bits per heavy atom. The van der Waals surface area contributed by atoms with E-state index in [9.17, 15) is 13.2 Å². The van der Waals surface area contributed by atoms with Crippen molar-refractivity contribution in [2.75, 3.05) is 7.11 Å². The molecule has 5 heteroatoms. The molecule has 0 bridgehead atoms. The highest BCUT2D eigenvalue weighted by molar-refractivity contribution is 5.40. The quantitative estimate of drug-likeness (QED) is 0.875. The number of hydrogen-bond donors (Lipinski definition) is 1. The predicted octanol–water partition coefficient (Wildman–Crippen LogP) is 4.16. The molecule has 19 heavy (non-hydrogen) atoms. The lowest BCUT2D eigenvalue weighted by Crippen LogP contribution is -2.16. The van der Waals surface area contributed by atoms with Gasteiger partial charge >= 0.3 is 6.18 Å². The first-order chi connectivity index (χ1) is 8.74. The van der Waals surface area contributed by atoms with Gasteiger partial charge in [0.25, 0.3) is 0 Å². The van der Waals surface area contributed by atoms with Crippen LogP contribution in [-0.2, 0) is 0 Å². The molecule has 0 saturated heterocycles. The molecular formula is C14H20F3NO. The van der Waals surface area contributed by atoms with E-state index < -0.39 is 18.6 Å². The molecule has 0 heterocycles. The Morgan fingerprint density at radius 1 is 1.26 bits per heavy atom. The molecule has 2 nitrogen and oxygen atoms in total. The zero-order valence-electron chi connectivity index (χ0n) is 11.4. The average molecular weight is 275 g/mol. The Morgan fingerprint density at radius 3 is 2.37 bits per heavy atom. The lowest BCUT2D eigenvalue weighted by atomic mass is 9.95. The van der Waals surface area contributed by atoms with Crippen LogP contribution < -0.4 is 10.5 Å². The van der Waals surface area contributed by atoms with Crippen LogP contribution in [0.15, 0.2) is 18.2 Å². The van der Waals surface area contributed by atoms with Crippen LogP contribution in [-0.4, -0.2) is 13.3 Å². The molecule has 0 aromatic heterocycles. The largest absolute Gasteiger partial charge is 0.496 e. The summed E-state index contributed by atoms with van der Waals surface area (Å²) in [4.78, 5) is 0. The van der Waals surface area contributed by atoms with Crippen molar-refractivity contribution < 1.29 is 17.9 Å². The van der Waals surface area contributed by atoms with E-state index in [1.54, 1.807) is 6.07 Å². The molecule has 0 radical (unpaired) electrons. The molecule has 0 fully saturated rings. The van der Waals surface area contributed by atoms with Crippen molar-refractivity contribution in [2.24, 2.45) is 5.73 Å². The molecule has 108 valence electrons. The molecule has 0 spiro atoms. The fourth-order valence-corrected chi connectivity index (χ4v) is 1.88.